The number of phenols is 1. The van der Waals surface area contributed by atoms with Crippen molar-refractivity contribution in [2.24, 2.45) is 0 Å². The molecule has 0 saturated heterocycles. The molecule has 2 rings (SSSR count). The zero-order valence-electron chi connectivity index (χ0n) is 10.9. The molecule has 20 heavy (non-hydrogen) atoms. The Hall–Kier alpha value is -2.47. The molecule has 106 valence electrons. The van der Waals surface area contributed by atoms with Gasteiger partial charge in [-0.05, 0) is 19.9 Å². The molecule has 2 N–H and O–H groups in total. The molecule has 0 aliphatic carbocycles. The highest BCUT2D eigenvalue weighted by Crippen LogP contribution is 2.42. The number of ether oxygens (including phenoxy) is 2. The van der Waals surface area contributed by atoms with Crippen molar-refractivity contribution >= 4 is 5.78 Å². The molecule has 0 bridgehead atoms. The molecular weight excluding hydrogens is 264 g/mol. The summed E-state index contributed by atoms with van der Waals surface area (Å²) >= 11 is 0. The largest absolute Gasteiger partial charge is 0.507 e. The molecule has 0 fully saturated rings. The van der Waals surface area contributed by atoms with Crippen LogP contribution >= 0.6 is 0 Å². The molecule has 0 aromatic heterocycles. The van der Waals surface area contributed by atoms with E-state index in [-0.39, 0.29) is 41.1 Å². The van der Waals surface area contributed by atoms with Crippen molar-refractivity contribution < 1.29 is 29.5 Å². The first-order valence-electron chi connectivity index (χ1n) is 5.92. The van der Waals surface area contributed by atoms with Crippen LogP contribution in [0.15, 0.2) is 30.7 Å². The highest BCUT2D eigenvalue weighted by Gasteiger charge is 2.29. The van der Waals surface area contributed by atoms with Gasteiger partial charge in [0.25, 0.3) is 0 Å². The average molecular weight is 278 g/mol. The number of ketones is 1. The van der Waals surface area contributed by atoms with Gasteiger partial charge in [-0.1, -0.05) is 12.2 Å². The highest BCUT2D eigenvalue weighted by atomic mass is 17.1. The van der Waals surface area contributed by atoms with Crippen molar-refractivity contribution in [1.82, 2.24) is 0 Å². The first kappa shape index (κ1) is 14.0. The second kappa shape index (κ2) is 5.66. The smallest absolute Gasteiger partial charge is 0.314 e. The molecule has 1 aliphatic heterocycles. The maximum atomic E-state index is 11.7. The lowest BCUT2D eigenvalue weighted by molar-refractivity contribution is -0.230. The van der Waals surface area contributed by atoms with E-state index in [0.717, 1.165) is 0 Å². The number of phenolic OH excluding ortho intramolecular Hbond substituents is 1. The van der Waals surface area contributed by atoms with Crippen LogP contribution in [0.3, 0.4) is 0 Å². The van der Waals surface area contributed by atoms with Gasteiger partial charge in [-0.15, -0.1) is 0 Å². The van der Waals surface area contributed by atoms with E-state index in [9.17, 15) is 9.90 Å². The van der Waals surface area contributed by atoms with Crippen LogP contribution in [-0.4, -0.2) is 22.8 Å². The number of benzene rings is 1. The van der Waals surface area contributed by atoms with Crippen LogP contribution in [-0.2, 0) is 11.3 Å². The Morgan fingerprint density at radius 2 is 2.35 bits per heavy atom. The van der Waals surface area contributed by atoms with Gasteiger partial charge in [0.15, 0.2) is 6.61 Å². The molecule has 1 aliphatic rings. The Balaban J connectivity index is 2.51. The highest BCUT2D eigenvalue weighted by molar-refractivity contribution is 6.05. The van der Waals surface area contributed by atoms with Crippen LogP contribution in [0.2, 0.25) is 0 Å². The summed E-state index contributed by atoms with van der Waals surface area (Å²) in [4.78, 5) is 15.5. The number of fused-ring (bicyclic) bond motifs is 1. The van der Waals surface area contributed by atoms with Gasteiger partial charge in [-0.2, -0.15) is 5.26 Å². The number of rotatable bonds is 5. The van der Waals surface area contributed by atoms with Gasteiger partial charge >= 0.3 is 5.95 Å². The van der Waals surface area contributed by atoms with Gasteiger partial charge in [-0.3, -0.25) is 4.79 Å². The topological polar surface area (TPSA) is 85.2 Å². The minimum Gasteiger partial charge on any atom is -0.507 e. The number of Topliss-reactive ketones (excluding diaryl/α,β-unsaturated/α-hetero) is 1. The molecule has 0 amide bonds. The normalized spacial score (nSPS) is 13.2. The third-order valence-corrected chi connectivity index (χ3v) is 2.85. The maximum absolute atomic E-state index is 11.7. The van der Waals surface area contributed by atoms with E-state index in [1.807, 2.05) is 6.92 Å². The van der Waals surface area contributed by atoms with Gasteiger partial charge in [-0.25, -0.2) is 0 Å². The zero-order valence-corrected chi connectivity index (χ0v) is 10.9. The van der Waals surface area contributed by atoms with Gasteiger partial charge in [0.1, 0.15) is 22.8 Å². The Morgan fingerprint density at radius 1 is 1.60 bits per heavy atom. The van der Waals surface area contributed by atoms with Crippen molar-refractivity contribution in [2.75, 3.05) is 6.61 Å². The van der Waals surface area contributed by atoms with Crippen molar-refractivity contribution in [3.63, 3.8) is 0 Å². The molecule has 0 saturated carbocycles. The maximum Gasteiger partial charge on any atom is 0.314 e. The monoisotopic (exact) mass is 278 g/mol. The minimum atomic E-state index is -0.351. The second-order valence-electron chi connectivity index (χ2n) is 4.13. The number of carbonyl (C=O) groups excluding carboxylic acids is 1. The number of aromatic hydroxyl groups is 1. The fourth-order valence-corrected chi connectivity index (χ4v) is 1.93. The van der Waals surface area contributed by atoms with E-state index in [0.29, 0.717) is 12.0 Å². The van der Waals surface area contributed by atoms with E-state index >= 15 is 0 Å². The SMILES string of the molecule is C=C(OO)Oc1cc2c(c(O)c1C/C=C/C)C(=O)CO2. The van der Waals surface area contributed by atoms with Gasteiger partial charge in [0, 0.05) is 11.6 Å². The van der Waals surface area contributed by atoms with Gasteiger partial charge in [0.2, 0.25) is 5.78 Å². The lowest BCUT2D eigenvalue weighted by atomic mass is 10.0. The first-order valence-corrected chi connectivity index (χ1v) is 5.92. The lowest BCUT2D eigenvalue weighted by Gasteiger charge is -2.13. The molecule has 0 spiro atoms. The van der Waals surface area contributed by atoms with E-state index in [1.165, 1.54) is 6.07 Å². The van der Waals surface area contributed by atoms with Crippen LogP contribution in [0.4, 0.5) is 0 Å². The fourth-order valence-electron chi connectivity index (χ4n) is 1.93. The van der Waals surface area contributed by atoms with E-state index in [2.05, 4.69) is 11.5 Å². The fraction of sp³-hybridized carbons (Fsp3) is 0.214. The predicted molar refractivity (Wildman–Crippen MR) is 69.9 cm³/mol. The van der Waals surface area contributed by atoms with Gasteiger partial charge < -0.3 is 19.5 Å². The van der Waals surface area contributed by atoms with Gasteiger partial charge in [0.05, 0.1) is 0 Å². The molecule has 6 nitrogen and oxygen atoms in total. The quantitative estimate of drug-likeness (QED) is 0.372. The summed E-state index contributed by atoms with van der Waals surface area (Å²) in [5.74, 6) is -0.396. The molecular formula is C14H14O6. The molecule has 6 heteroatoms. The van der Waals surface area contributed by atoms with Crippen LogP contribution in [0.5, 0.6) is 17.2 Å². The standard InChI is InChI=1S/C14H14O6/c1-3-4-5-9-11(19-8(2)20-17)6-12-13(14(9)16)10(15)7-18-12/h3-4,6,16-17H,2,5,7H2,1H3/b4-3+. The average Bonchev–Trinajstić information content (AvgIpc) is 2.79. The lowest BCUT2D eigenvalue weighted by Crippen LogP contribution is -2.02. The Morgan fingerprint density at radius 3 is 3.00 bits per heavy atom. The number of carbonyl (C=O) groups is 1. The van der Waals surface area contributed by atoms with E-state index in [4.69, 9.17) is 14.7 Å². The zero-order chi connectivity index (χ0) is 14.7. The third kappa shape index (κ3) is 2.46. The van der Waals surface area contributed by atoms with E-state index in [1.54, 1.807) is 12.2 Å². The summed E-state index contributed by atoms with van der Waals surface area (Å²) in [7, 11) is 0. The first-order chi connectivity index (χ1) is 9.58. The summed E-state index contributed by atoms with van der Waals surface area (Å²) in [5.41, 5.74) is 0.534. The molecule has 1 heterocycles. The van der Waals surface area contributed by atoms with Crippen molar-refractivity contribution in [3.8, 4) is 17.2 Å². The molecule has 1 aromatic rings. The molecule has 1 aromatic carbocycles. The summed E-state index contributed by atoms with van der Waals surface area (Å²) < 4.78 is 10.3. The molecule has 0 radical (unpaired) electrons. The predicted octanol–water partition coefficient (Wildman–Crippen LogP) is 2.43. The summed E-state index contributed by atoms with van der Waals surface area (Å²) in [6, 6.07) is 1.46. The Labute approximate surface area is 115 Å². The van der Waals surface area contributed by atoms with Crippen LogP contribution in [0.1, 0.15) is 22.8 Å². The second-order valence-corrected chi connectivity index (χ2v) is 4.13. The third-order valence-electron chi connectivity index (χ3n) is 2.85. The van der Waals surface area contributed by atoms with Crippen LogP contribution in [0, 0.1) is 0 Å². The van der Waals surface area contributed by atoms with Crippen molar-refractivity contribution in [1.29, 1.82) is 0 Å². The molecule has 0 unspecified atom stereocenters. The van der Waals surface area contributed by atoms with Crippen molar-refractivity contribution in [3.05, 3.63) is 41.9 Å². The number of hydrogen-bond acceptors (Lipinski definition) is 6. The van der Waals surface area contributed by atoms with Crippen LogP contribution < -0.4 is 9.47 Å². The molecule has 0 atom stereocenters. The Bertz CT molecular complexity index is 588. The number of hydrogen-bond donors (Lipinski definition) is 2. The minimum absolute atomic E-state index is 0.118. The number of allylic oxidation sites excluding steroid dienone is 2. The summed E-state index contributed by atoms with van der Waals surface area (Å²) in [6.45, 7) is 5.04. The Kier molecular flexibility index (Phi) is 3.95. The van der Waals surface area contributed by atoms with Crippen LogP contribution in [0.25, 0.3) is 0 Å². The van der Waals surface area contributed by atoms with Crippen molar-refractivity contribution in [2.45, 2.75) is 13.3 Å². The summed E-state index contributed by atoms with van der Waals surface area (Å²) in [5, 5.41) is 18.7. The van der Waals surface area contributed by atoms with E-state index < -0.39 is 0 Å². The summed E-state index contributed by atoms with van der Waals surface area (Å²) in [6.07, 6.45) is 3.93.